The molecule has 0 spiro atoms. The van der Waals surface area contributed by atoms with Crippen molar-refractivity contribution in [1.82, 2.24) is 0 Å². The fourth-order valence-corrected chi connectivity index (χ4v) is 4.12. The van der Waals surface area contributed by atoms with Crippen LogP contribution < -0.4 is 14.4 Å². The lowest BCUT2D eigenvalue weighted by Gasteiger charge is -2.38. The minimum absolute atomic E-state index is 0.188. The van der Waals surface area contributed by atoms with Crippen LogP contribution in [0.3, 0.4) is 0 Å². The molecule has 2 heterocycles. The molecule has 2 atom stereocenters. The third-order valence-electron chi connectivity index (χ3n) is 5.37. The molecular formula is C19H22NO4+. The Morgan fingerprint density at radius 2 is 1.58 bits per heavy atom. The van der Waals surface area contributed by atoms with Gasteiger partial charge in [0.15, 0.2) is 23.0 Å². The number of quaternary nitrogens is 1. The highest BCUT2D eigenvalue weighted by Gasteiger charge is 2.36. The number of ether oxygens (including phenoxy) is 2. The van der Waals surface area contributed by atoms with E-state index in [0.29, 0.717) is 17.5 Å². The molecule has 24 heavy (non-hydrogen) atoms. The van der Waals surface area contributed by atoms with E-state index in [4.69, 9.17) is 9.47 Å². The minimum Gasteiger partial charge on any atom is -0.504 e. The highest BCUT2D eigenvalue weighted by Crippen LogP contribution is 2.37. The number of hydrogen-bond donors (Lipinski definition) is 3. The Kier molecular flexibility index (Phi) is 3.53. The van der Waals surface area contributed by atoms with E-state index in [0.717, 1.165) is 31.5 Å². The first-order valence-corrected chi connectivity index (χ1v) is 8.23. The predicted molar refractivity (Wildman–Crippen MR) is 89.0 cm³/mol. The first-order valence-electron chi connectivity index (χ1n) is 8.23. The van der Waals surface area contributed by atoms with Gasteiger partial charge in [0.05, 0.1) is 20.8 Å². The summed E-state index contributed by atoms with van der Waals surface area (Å²) in [4.78, 5) is 1.49. The van der Waals surface area contributed by atoms with Crippen molar-refractivity contribution < 1.29 is 24.6 Å². The second-order valence-electron chi connectivity index (χ2n) is 6.61. The molecule has 0 aromatic heterocycles. The molecule has 5 heteroatoms. The van der Waals surface area contributed by atoms with Crippen LogP contribution in [-0.2, 0) is 19.4 Å². The van der Waals surface area contributed by atoms with Gasteiger partial charge in [0.2, 0.25) is 0 Å². The van der Waals surface area contributed by atoms with Crippen LogP contribution >= 0.6 is 0 Å². The number of rotatable bonds is 2. The number of benzene rings is 2. The summed E-state index contributed by atoms with van der Waals surface area (Å²) in [5, 5.41) is 20.3. The largest absolute Gasteiger partial charge is 0.504 e. The predicted octanol–water partition coefficient (Wildman–Crippen LogP) is 1.35. The van der Waals surface area contributed by atoms with Gasteiger partial charge in [0.25, 0.3) is 0 Å². The van der Waals surface area contributed by atoms with Crippen molar-refractivity contribution in [2.24, 2.45) is 0 Å². The Hall–Kier alpha value is -2.40. The molecule has 5 nitrogen and oxygen atoms in total. The maximum atomic E-state index is 10.2. The van der Waals surface area contributed by atoms with Crippen molar-refractivity contribution in [3.8, 4) is 23.0 Å². The lowest BCUT2D eigenvalue weighted by molar-refractivity contribution is -0.949. The average Bonchev–Trinajstić information content (AvgIpc) is 2.59. The van der Waals surface area contributed by atoms with Crippen LogP contribution in [0.1, 0.15) is 28.3 Å². The second-order valence-corrected chi connectivity index (χ2v) is 6.61. The van der Waals surface area contributed by atoms with Crippen molar-refractivity contribution in [3.63, 3.8) is 0 Å². The topological polar surface area (TPSA) is 63.4 Å². The van der Waals surface area contributed by atoms with E-state index in [-0.39, 0.29) is 11.5 Å². The van der Waals surface area contributed by atoms with Crippen LogP contribution in [0.2, 0.25) is 0 Å². The maximum Gasteiger partial charge on any atom is 0.160 e. The number of phenols is 2. The zero-order valence-electron chi connectivity index (χ0n) is 13.9. The molecule has 0 radical (unpaired) electrons. The molecule has 126 valence electrons. The molecule has 0 fully saturated rings. The molecule has 0 amide bonds. The number of fused-ring (bicyclic) bond motifs is 4. The Bertz CT molecular complexity index is 802. The van der Waals surface area contributed by atoms with E-state index in [1.54, 1.807) is 14.2 Å². The van der Waals surface area contributed by atoms with E-state index in [1.807, 2.05) is 24.3 Å². The SMILES string of the molecule is COc1cc2c(cc1O)C[C@H]1c3cc(O)c(OC)cc3CC[NH+]1C2. The standard InChI is InChI=1S/C19H21NO4/c1-23-18-7-11-3-4-20-10-13-8-19(24-2)16(21)6-12(13)5-15(20)14(11)9-17(18)22/h6-9,15,21-22H,3-5,10H2,1-2H3/p+1/t15-/m0/s1. The zero-order valence-corrected chi connectivity index (χ0v) is 13.9. The molecule has 3 N–H and O–H groups in total. The molecule has 0 aliphatic carbocycles. The average molecular weight is 328 g/mol. The van der Waals surface area contributed by atoms with Crippen molar-refractivity contribution in [3.05, 3.63) is 46.5 Å². The van der Waals surface area contributed by atoms with Crippen LogP contribution in [-0.4, -0.2) is 31.0 Å². The van der Waals surface area contributed by atoms with Gasteiger partial charge < -0.3 is 24.6 Å². The van der Waals surface area contributed by atoms with E-state index < -0.39 is 0 Å². The first kappa shape index (κ1) is 15.1. The molecule has 0 saturated carbocycles. The lowest BCUT2D eigenvalue weighted by atomic mass is 9.83. The van der Waals surface area contributed by atoms with E-state index >= 15 is 0 Å². The molecule has 2 aliphatic rings. The Morgan fingerprint density at radius 3 is 2.29 bits per heavy atom. The van der Waals surface area contributed by atoms with Crippen molar-refractivity contribution >= 4 is 0 Å². The lowest BCUT2D eigenvalue weighted by Crippen LogP contribution is -3.13. The van der Waals surface area contributed by atoms with Gasteiger partial charge in [0.1, 0.15) is 12.6 Å². The maximum absolute atomic E-state index is 10.2. The number of hydrogen-bond acceptors (Lipinski definition) is 4. The Balaban J connectivity index is 1.75. The van der Waals surface area contributed by atoms with Gasteiger partial charge in [-0.05, 0) is 35.4 Å². The quantitative estimate of drug-likeness (QED) is 0.779. The van der Waals surface area contributed by atoms with Crippen molar-refractivity contribution in [2.45, 2.75) is 25.4 Å². The van der Waals surface area contributed by atoms with Crippen LogP contribution in [0.25, 0.3) is 0 Å². The smallest absolute Gasteiger partial charge is 0.160 e. The number of phenolic OH excluding ortho intramolecular Hbond substituents is 2. The van der Waals surface area contributed by atoms with E-state index in [9.17, 15) is 10.2 Å². The molecule has 4 rings (SSSR count). The van der Waals surface area contributed by atoms with E-state index in [2.05, 4.69) is 0 Å². The monoisotopic (exact) mass is 328 g/mol. The summed E-state index contributed by atoms with van der Waals surface area (Å²) in [6.07, 6.45) is 1.82. The molecule has 2 aromatic carbocycles. The third kappa shape index (κ3) is 2.27. The third-order valence-corrected chi connectivity index (χ3v) is 5.37. The highest BCUT2D eigenvalue weighted by atomic mass is 16.5. The van der Waals surface area contributed by atoms with Gasteiger partial charge in [-0.3, -0.25) is 0 Å². The second kappa shape index (κ2) is 5.60. The summed E-state index contributed by atoms with van der Waals surface area (Å²) < 4.78 is 10.5. The summed E-state index contributed by atoms with van der Waals surface area (Å²) >= 11 is 0. The van der Waals surface area contributed by atoms with Crippen LogP contribution in [0, 0.1) is 0 Å². The van der Waals surface area contributed by atoms with Crippen molar-refractivity contribution in [1.29, 1.82) is 0 Å². The molecule has 2 aliphatic heterocycles. The van der Waals surface area contributed by atoms with Gasteiger partial charge in [-0.15, -0.1) is 0 Å². The summed E-state index contributed by atoms with van der Waals surface area (Å²) in [5.74, 6) is 1.45. The Morgan fingerprint density at radius 1 is 0.917 bits per heavy atom. The fraction of sp³-hybridized carbons (Fsp3) is 0.368. The highest BCUT2D eigenvalue weighted by molar-refractivity contribution is 5.50. The summed E-state index contributed by atoms with van der Waals surface area (Å²) in [7, 11) is 3.15. The number of nitrogens with one attached hydrogen (secondary N) is 1. The normalized spacial score (nSPS) is 21.4. The molecule has 2 aromatic rings. The number of aromatic hydroxyl groups is 2. The van der Waals surface area contributed by atoms with Gasteiger partial charge in [0, 0.05) is 24.0 Å². The molecular weight excluding hydrogens is 306 g/mol. The summed E-state index contributed by atoms with van der Waals surface area (Å²) in [6, 6.07) is 7.89. The molecule has 0 bridgehead atoms. The fourth-order valence-electron chi connectivity index (χ4n) is 4.12. The van der Waals surface area contributed by atoms with Crippen LogP contribution in [0.15, 0.2) is 24.3 Å². The number of methoxy groups -OCH3 is 2. The minimum atomic E-state index is 0.188. The van der Waals surface area contributed by atoms with Crippen LogP contribution in [0.4, 0.5) is 0 Å². The zero-order chi connectivity index (χ0) is 16.8. The molecule has 0 saturated heterocycles. The van der Waals surface area contributed by atoms with Gasteiger partial charge in [-0.1, -0.05) is 0 Å². The van der Waals surface area contributed by atoms with Gasteiger partial charge in [-0.25, -0.2) is 0 Å². The van der Waals surface area contributed by atoms with Crippen molar-refractivity contribution in [2.75, 3.05) is 20.8 Å². The van der Waals surface area contributed by atoms with E-state index in [1.165, 1.54) is 21.6 Å². The van der Waals surface area contributed by atoms with Gasteiger partial charge in [-0.2, -0.15) is 0 Å². The summed E-state index contributed by atoms with van der Waals surface area (Å²) in [6.45, 7) is 1.96. The van der Waals surface area contributed by atoms with Crippen LogP contribution in [0.5, 0.6) is 23.0 Å². The summed E-state index contributed by atoms with van der Waals surface area (Å²) in [5.41, 5.74) is 4.83. The molecule has 1 unspecified atom stereocenters. The first-order chi connectivity index (χ1) is 11.6. The Labute approximate surface area is 141 Å². The van der Waals surface area contributed by atoms with Gasteiger partial charge >= 0.3 is 0 Å².